The monoisotopic (exact) mass is 491 g/mol. The number of anilines is 2. The first kappa shape index (κ1) is 22.0. The standard InChI is InChI=1S/C22H24F3N7O3/c23-15(24)10-34-18-9-32-17(28-18)3-4-26-20(32)27-16-5-13(30-31-16)12-1-2-14(19(12)25)35-21(33)29-22-6-11(7-22)8-22/h3-5,9,11-12,14-15,19H,1-2,6-8,10H2,(H,29,33)(H2,26,27,30,31)/t11?,12-,14-,19+,22?/m0/s1. The van der Waals surface area contributed by atoms with Crippen molar-refractivity contribution in [1.82, 2.24) is 29.9 Å². The minimum Gasteiger partial charge on any atom is -0.470 e. The van der Waals surface area contributed by atoms with E-state index >= 15 is 4.39 Å². The van der Waals surface area contributed by atoms with Crippen LogP contribution in [0.15, 0.2) is 24.5 Å². The number of nitrogens with zero attached hydrogens (tertiary/aromatic N) is 4. The summed E-state index contributed by atoms with van der Waals surface area (Å²) in [5.41, 5.74) is 0.904. The zero-order valence-electron chi connectivity index (χ0n) is 18.6. The van der Waals surface area contributed by atoms with E-state index in [0.29, 0.717) is 35.9 Å². The van der Waals surface area contributed by atoms with E-state index < -0.39 is 37.3 Å². The number of amides is 1. The molecule has 3 heterocycles. The van der Waals surface area contributed by atoms with Crippen molar-refractivity contribution in [2.24, 2.45) is 5.92 Å². The van der Waals surface area contributed by atoms with Crippen molar-refractivity contribution >= 4 is 23.5 Å². The maximum absolute atomic E-state index is 15.1. The number of hydrogen-bond donors (Lipinski definition) is 3. The van der Waals surface area contributed by atoms with Gasteiger partial charge in [0.2, 0.25) is 11.8 Å². The van der Waals surface area contributed by atoms with Gasteiger partial charge in [-0.2, -0.15) is 10.1 Å². The topological polar surface area (TPSA) is 118 Å². The number of aromatic nitrogens is 5. The van der Waals surface area contributed by atoms with E-state index in [-0.39, 0.29) is 11.4 Å². The molecule has 13 heteroatoms. The predicted molar refractivity (Wildman–Crippen MR) is 117 cm³/mol. The summed E-state index contributed by atoms with van der Waals surface area (Å²) in [4.78, 5) is 20.6. The van der Waals surface area contributed by atoms with Crippen LogP contribution < -0.4 is 15.4 Å². The summed E-state index contributed by atoms with van der Waals surface area (Å²) in [6.07, 6.45) is 1.53. The Morgan fingerprint density at radius 1 is 1.31 bits per heavy atom. The molecule has 3 N–H and O–H groups in total. The van der Waals surface area contributed by atoms with Crippen molar-refractivity contribution in [2.75, 3.05) is 11.9 Å². The van der Waals surface area contributed by atoms with Crippen LogP contribution in [0.25, 0.3) is 5.65 Å². The first-order valence-electron chi connectivity index (χ1n) is 11.6. The van der Waals surface area contributed by atoms with Gasteiger partial charge in [0, 0.05) is 29.4 Å². The Balaban J connectivity index is 1.09. The first-order chi connectivity index (χ1) is 16.9. The average molecular weight is 491 g/mol. The minimum absolute atomic E-state index is 0.0411. The summed E-state index contributed by atoms with van der Waals surface area (Å²) in [6, 6.07) is 3.28. The molecule has 0 spiro atoms. The van der Waals surface area contributed by atoms with E-state index in [1.807, 2.05) is 0 Å². The number of imidazole rings is 1. The summed E-state index contributed by atoms with van der Waals surface area (Å²) in [5, 5.41) is 13.0. The Bertz CT molecular complexity index is 1230. The van der Waals surface area contributed by atoms with Gasteiger partial charge < -0.3 is 20.1 Å². The van der Waals surface area contributed by atoms with Gasteiger partial charge in [-0.05, 0) is 44.1 Å². The molecule has 1 amide bonds. The van der Waals surface area contributed by atoms with Crippen molar-refractivity contribution < 1.29 is 27.4 Å². The van der Waals surface area contributed by atoms with Gasteiger partial charge in [-0.15, -0.1) is 0 Å². The second-order valence-electron chi connectivity index (χ2n) is 9.57. The number of fused-ring (bicyclic) bond motifs is 1. The number of hydrogen-bond acceptors (Lipinski definition) is 7. The quantitative estimate of drug-likeness (QED) is 0.440. The molecule has 3 aromatic heterocycles. The Kier molecular flexibility index (Phi) is 5.22. The fourth-order valence-corrected chi connectivity index (χ4v) is 5.30. The summed E-state index contributed by atoms with van der Waals surface area (Å²) >= 11 is 0. The van der Waals surface area contributed by atoms with Crippen molar-refractivity contribution in [3.05, 3.63) is 30.2 Å². The molecule has 0 aromatic carbocycles. The van der Waals surface area contributed by atoms with Gasteiger partial charge in [-0.3, -0.25) is 9.50 Å². The fraction of sp³-hybridized carbons (Fsp3) is 0.545. The molecule has 186 valence electrons. The molecule has 4 aliphatic carbocycles. The molecular formula is C22H24F3N7O3. The Labute approximate surface area is 197 Å². The van der Waals surface area contributed by atoms with Gasteiger partial charge in [0.25, 0.3) is 6.43 Å². The Hall–Kier alpha value is -3.51. The van der Waals surface area contributed by atoms with Crippen molar-refractivity contribution in [3.8, 4) is 5.88 Å². The molecule has 0 unspecified atom stereocenters. The highest BCUT2D eigenvalue weighted by atomic mass is 19.3. The molecule has 10 nitrogen and oxygen atoms in total. The van der Waals surface area contributed by atoms with Crippen LogP contribution in [-0.2, 0) is 4.74 Å². The van der Waals surface area contributed by atoms with E-state index in [2.05, 4.69) is 30.8 Å². The van der Waals surface area contributed by atoms with E-state index in [1.165, 1.54) is 16.8 Å². The molecule has 0 aliphatic heterocycles. The number of carbonyl (C=O) groups excluding carboxylic acids is 1. The van der Waals surface area contributed by atoms with Crippen LogP contribution >= 0.6 is 0 Å². The third-order valence-electron chi connectivity index (χ3n) is 7.12. The fourth-order valence-electron chi connectivity index (χ4n) is 5.30. The number of alkyl carbamates (subject to hydrolysis) is 1. The van der Waals surface area contributed by atoms with Crippen molar-refractivity contribution in [3.63, 3.8) is 0 Å². The highest BCUT2D eigenvalue weighted by molar-refractivity contribution is 5.69. The third kappa shape index (κ3) is 4.12. The highest BCUT2D eigenvalue weighted by Gasteiger charge is 2.58. The number of ether oxygens (including phenoxy) is 2. The summed E-state index contributed by atoms with van der Waals surface area (Å²) < 4.78 is 51.9. The number of nitrogens with one attached hydrogen (secondary N) is 3. The first-order valence-corrected chi connectivity index (χ1v) is 11.6. The van der Waals surface area contributed by atoms with Crippen LogP contribution in [0.5, 0.6) is 5.88 Å². The van der Waals surface area contributed by atoms with Gasteiger partial charge in [0.15, 0.2) is 12.4 Å². The SMILES string of the molecule is O=C(NC12CC(C1)C2)O[C@H]1CC[C@@H](c2cc(Nc3nccc4nc(OCC(F)F)cn34)n[nH]2)[C@H]1F. The lowest BCUT2D eigenvalue weighted by Crippen LogP contribution is -2.68. The van der Waals surface area contributed by atoms with E-state index in [1.54, 1.807) is 12.1 Å². The van der Waals surface area contributed by atoms with Crippen LogP contribution in [0.4, 0.5) is 29.7 Å². The summed E-state index contributed by atoms with van der Waals surface area (Å²) in [6.45, 7) is -0.762. The molecule has 0 saturated heterocycles. The number of halogens is 3. The summed E-state index contributed by atoms with van der Waals surface area (Å²) in [5.74, 6) is 0.994. The normalized spacial score (nSPS) is 29.0. The van der Waals surface area contributed by atoms with Crippen molar-refractivity contribution in [1.29, 1.82) is 0 Å². The number of carbonyl (C=O) groups is 1. The molecular weight excluding hydrogens is 467 g/mol. The highest BCUT2D eigenvalue weighted by Crippen LogP contribution is 2.57. The summed E-state index contributed by atoms with van der Waals surface area (Å²) in [7, 11) is 0. The zero-order valence-corrected chi connectivity index (χ0v) is 18.6. The van der Waals surface area contributed by atoms with Crippen LogP contribution in [-0.4, -0.2) is 61.5 Å². The number of rotatable bonds is 8. The van der Waals surface area contributed by atoms with Crippen molar-refractivity contribution in [2.45, 2.75) is 62.3 Å². The van der Waals surface area contributed by atoms with Gasteiger partial charge in [0.05, 0.1) is 6.20 Å². The number of alkyl halides is 3. The second-order valence-corrected chi connectivity index (χ2v) is 9.57. The molecule has 4 aliphatic rings. The van der Waals surface area contributed by atoms with Gasteiger partial charge in [-0.25, -0.2) is 22.9 Å². The zero-order chi connectivity index (χ0) is 24.2. The van der Waals surface area contributed by atoms with Gasteiger partial charge in [0.1, 0.15) is 17.9 Å². The maximum Gasteiger partial charge on any atom is 0.407 e. The molecule has 4 fully saturated rings. The minimum atomic E-state index is -2.61. The predicted octanol–water partition coefficient (Wildman–Crippen LogP) is 3.70. The lowest BCUT2D eigenvalue weighted by Gasteiger charge is -2.61. The van der Waals surface area contributed by atoms with Gasteiger partial charge >= 0.3 is 6.09 Å². The second kappa shape index (κ2) is 8.31. The van der Waals surface area contributed by atoms with E-state index in [0.717, 1.165) is 25.2 Å². The Morgan fingerprint density at radius 2 is 2.14 bits per heavy atom. The van der Waals surface area contributed by atoms with Gasteiger partial charge in [-0.1, -0.05) is 0 Å². The molecule has 0 radical (unpaired) electrons. The molecule has 7 rings (SSSR count). The lowest BCUT2D eigenvalue weighted by atomic mass is 9.50. The van der Waals surface area contributed by atoms with Crippen LogP contribution in [0, 0.1) is 5.92 Å². The molecule has 3 atom stereocenters. The molecule has 2 bridgehead atoms. The molecule has 3 aromatic rings. The van der Waals surface area contributed by atoms with E-state index in [9.17, 15) is 13.6 Å². The third-order valence-corrected chi connectivity index (χ3v) is 7.12. The largest absolute Gasteiger partial charge is 0.470 e. The number of H-pyrrole nitrogens is 1. The molecule has 35 heavy (non-hydrogen) atoms. The van der Waals surface area contributed by atoms with Crippen LogP contribution in [0.1, 0.15) is 43.7 Å². The smallest absolute Gasteiger partial charge is 0.407 e. The Morgan fingerprint density at radius 3 is 2.89 bits per heavy atom. The molecule has 4 saturated carbocycles. The van der Waals surface area contributed by atoms with E-state index in [4.69, 9.17) is 9.47 Å². The van der Waals surface area contributed by atoms with Crippen LogP contribution in [0.3, 0.4) is 0 Å². The maximum atomic E-state index is 15.1. The van der Waals surface area contributed by atoms with Crippen LogP contribution in [0.2, 0.25) is 0 Å². The average Bonchev–Trinajstić information content (AvgIpc) is 3.48. The number of aromatic amines is 1. The lowest BCUT2D eigenvalue weighted by molar-refractivity contribution is -0.0532.